The second kappa shape index (κ2) is 14.8. The molecule has 1 aliphatic heterocycles. The van der Waals surface area contributed by atoms with E-state index in [-0.39, 0.29) is 0 Å². The van der Waals surface area contributed by atoms with Crippen LogP contribution in [-0.2, 0) is 10.8 Å². The third-order valence-electron chi connectivity index (χ3n) is 15.8. The summed E-state index contributed by atoms with van der Waals surface area (Å²) in [6.45, 7) is 0. The lowest BCUT2D eigenvalue weighted by Crippen LogP contribution is -2.33. The van der Waals surface area contributed by atoms with Gasteiger partial charge in [-0.3, -0.25) is 0 Å². The lowest BCUT2D eigenvalue weighted by molar-refractivity contribution is 0.748. The van der Waals surface area contributed by atoms with Gasteiger partial charge < -0.3 is 9.47 Å². The number of aromatic nitrogens is 1. The Labute approximate surface area is 407 Å². The fourth-order valence-corrected chi connectivity index (χ4v) is 13.2. The van der Waals surface area contributed by atoms with E-state index in [0.717, 1.165) is 17.1 Å². The summed E-state index contributed by atoms with van der Waals surface area (Å²) in [7, 11) is 0. The first-order valence-electron chi connectivity index (χ1n) is 24.4. The van der Waals surface area contributed by atoms with E-state index in [4.69, 9.17) is 0 Å². The Morgan fingerprint density at radius 3 is 1.57 bits per heavy atom. The number of anilines is 3. The van der Waals surface area contributed by atoms with Gasteiger partial charge in [0.15, 0.2) is 0 Å². The molecule has 326 valence electrons. The minimum absolute atomic E-state index is 0.534. The Bertz CT molecular complexity index is 4030. The van der Waals surface area contributed by atoms with Crippen LogP contribution in [0, 0.1) is 0 Å². The molecule has 15 rings (SSSR count). The number of para-hydroxylation sites is 3. The molecule has 0 saturated carbocycles. The molecule has 1 atom stereocenters. The Morgan fingerprint density at radius 2 is 0.800 bits per heavy atom. The highest BCUT2D eigenvalue weighted by molar-refractivity contribution is 6.13. The molecule has 11 aromatic carbocycles. The van der Waals surface area contributed by atoms with Crippen molar-refractivity contribution in [3.8, 4) is 39.1 Å². The summed E-state index contributed by atoms with van der Waals surface area (Å²) in [5, 5.41) is 2.57. The first kappa shape index (κ1) is 39.1. The molecule has 70 heavy (non-hydrogen) atoms. The van der Waals surface area contributed by atoms with Crippen molar-refractivity contribution in [2.24, 2.45) is 0 Å². The third kappa shape index (κ3) is 5.12. The summed E-state index contributed by atoms with van der Waals surface area (Å²) >= 11 is 0. The van der Waals surface area contributed by atoms with Gasteiger partial charge in [0.05, 0.1) is 27.6 Å². The molecular weight excluding hydrogens is 845 g/mol. The molecule has 2 aliphatic carbocycles. The van der Waals surface area contributed by atoms with Crippen LogP contribution in [0.15, 0.2) is 267 Å². The molecule has 12 aromatic rings. The van der Waals surface area contributed by atoms with Gasteiger partial charge in [0.25, 0.3) is 0 Å². The molecule has 0 bridgehead atoms. The molecule has 1 spiro atoms. The van der Waals surface area contributed by atoms with E-state index in [2.05, 4.69) is 276 Å². The minimum Gasteiger partial charge on any atom is -0.310 e. The van der Waals surface area contributed by atoms with Crippen LogP contribution in [0.2, 0.25) is 0 Å². The van der Waals surface area contributed by atoms with Crippen molar-refractivity contribution in [2.45, 2.75) is 10.8 Å². The van der Waals surface area contributed by atoms with E-state index in [0.29, 0.717) is 0 Å². The Kier molecular flexibility index (Phi) is 8.24. The molecule has 3 aliphatic rings. The third-order valence-corrected chi connectivity index (χ3v) is 15.8. The lowest BCUT2D eigenvalue weighted by Gasteiger charge is -2.39. The molecule has 1 unspecified atom stereocenters. The van der Waals surface area contributed by atoms with Gasteiger partial charge in [0.1, 0.15) is 0 Å². The number of hydrogen-bond acceptors (Lipinski definition) is 1. The maximum Gasteiger partial charge on any atom is 0.0754 e. The first-order chi connectivity index (χ1) is 34.7. The van der Waals surface area contributed by atoms with Crippen molar-refractivity contribution < 1.29 is 0 Å². The molecule has 0 fully saturated rings. The van der Waals surface area contributed by atoms with Crippen molar-refractivity contribution >= 4 is 38.9 Å². The first-order valence-corrected chi connectivity index (χ1v) is 24.4. The topological polar surface area (TPSA) is 8.17 Å². The zero-order valence-corrected chi connectivity index (χ0v) is 38.3. The molecule has 2 heterocycles. The van der Waals surface area contributed by atoms with Gasteiger partial charge in [-0.15, -0.1) is 0 Å². The molecule has 2 nitrogen and oxygen atoms in total. The van der Waals surface area contributed by atoms with Crippen LogP contribution >= 0.6 is 0 Å². The van der Waals surface area contributed by atoms with Gasteiger partial charge in [0, 0.05) is 27.8 Å². The van der Waals surface area contributed by atoms with Crippen LogP contribution in [0.25, 0.3) is 60.9 Å². The van der Waals surface area contributed by atoms with Crippen molar-refractivity contribution in [2.75, 3.05) is 4.90 Å². The zero-order valence-electron chi connectivity index (χ0n) is 38.3. The van der Waals surface area contributed by atoms with Gasteiger partial charge >= 0.3 is 0 Å². The van der Waals surface area contributed by atoms with Crippen LogP contribution in [-0.4, -0.2) is 4.57 Å². The van der Waals surface area contributed by atoms with Gasteiger partial charge in [-0.1, -0.05) is 218 Å². The Hall–Kier alpha value is -8.98. The highest BCUT2D eigenvalue weighted by atomic mass is 15.1. The molecular formula is C68H44N2. The zero-order chi connectivity index (χ0) is 46.0. The SMILES string of the molecule is c1ccc(-c2cccc(N(c3ccc4c(c3)-c3ccccc3C43c4ccccc4-n4c5ccccc5c5cccc3c54)c3ccc4c(c3)C(c3ccccc3)(c3ccccc3)c3ccccc3-4)c2)cc1. The van der Waals surface area contributed by atoms with Crippen LogP contribution in [0.3, 0.4) is 0 Å². The van der Waals surface area contributed by atoms with E-state index in [1.165, 1.54) is 105 Å². The molecule has 0 saturated heterocycles. The summed E-state index contributed by atoms with van der Waals surface area (Å²) in [6.07, 6.45) is 0. The predicted octanol–water partition coefficient (Wildman–Crippen LogP) is 17.0. The Morgan fingerprint density at radius 1 is 0.286 bits per heavy atom. The molecule has 0 amide bonds. The number of fused-ring (bicyclic) bond motifs is 15. The maximum atomic E-state index is 2.52. The monoisotopic (exact) mass is 888 g/mol. The normalized spacial score (nSPS) is 15.3. The lowest BCUT2D eigenvalue weighted by atomic mass is 9.65. The van der Waals surface area contributed by atoms with Crippen LogP contribution in [0.1, 0.15) is 44.5 Å². The fourth-order valence-electron chi connectivity index (χ4n) is 13.2. The number of benzene rings is 11. The van der Waals surface area contributed by atoms with Gasteiger partial charge in [-0.2, -0.15) is 0 Å². The van der Waals surface area contributed by atoms with Gasteiger partial charge in [-0.05, 0) is 126 Å². The van der Waals surface area contributed by atoms with E-state index in [1.54, 1.807) is 0 Å². The predicted molar refractivity (Wildman–Crippen MR) is 289 cm³/mol. The second-order valence-corrected chi connectivity index (χ2v) is 19.1. The summed E-state index contributed by atoms with van der Waals surface area (Å²) in [4.78, 5) is 2.50. The van der Waals surface area contributed by atoms with Gasteiger partial charge in [0.2, 0.25) is 0 Å². The summed E-state index contributed by atoms with van der Waals surface area (Å²) in [5.41, 5.74) is 23.8. The number of nitrogens with zero attached hydrogens (tertiary/aromatic N) is 2. The number of rotatable bonds is 6. The summed E-state index contributed by atoms with van der Waals surface area (Å²) in [6, 6.07) is 99.8. The van der Waals surface area contributed by atoms with Crippen molar-refractivity contribution in [1.82, 2.24) is 4.57 Å². The van der Waals surface area contributed by atoms with E-state index in [9.17, 15) is 0 Å². The summed E-state index contributed by atoms with van der Waals surface area (Å²) in [5.74, 6) is 0. The van der Waals surface area contributed by atoms with Crippen molar-refractivity contribution in [1.29, 1.82) is 0 Å². The van der Waals surface area contributed by atoms with Crippen LogP contribution in [0.4, 0.5) is 17.1 Å². The standard InChI is InChI=1S/C68H44N2/c1-4-20-45(21-5-1)46-22-18-27-49(42-46)69(51-38-40-54-52-28-10-13-32-58(52)67(63(54)44-51,47-23-6-2-7-24-47)48-25-8-3-9-26-48)50-39-41-60-57(43-50)53-29-11-14-33-59(53)68(60)61-34-15-17-37-65(61)70-64-36-16-12-30-55(64)56-31-19-35-62(68)66(56)70/h1-44H. The van der Waals surface area contributed by atoms with E-state index >= 15 is 0 Å². The quantitative estimate of drug-likeness (QED) is 0.161. The van der Waals surface area contributed by atoms with Crippen LogP contribution in [0.5, 0.6) is 0 Å². The average Bonchev–Trinajstić information content (AvgIpc) is 4.05. The smallest absolute Gasteiger partial charge is 0.0754 e. The van der Waals surface area contributed by atoms with Crippen molar-refractivity contribution in [3.05, 3.63) is 311 Å². The summed E-state index contributed by atoms with van der Waals surface area (Å²) < 4.78 is 2.52. The van der Waals surface area contributed by atoms with Crippen molar-refractivity contribution in [3.63, 3.8) is 0 Å². The highest BCUT2D eigenvalue weighted by Crippen LogP contribution is 2.62. The second-order valence-electron chi connectivity index (χ2n) is 19.1. The largest absolute Gasteiger partial charge is 0.310 e. The van der Waals surface area contributed by atoms with Crippen LogP contribution < -0.4 is 4.90 Å². The minimum atomic E-state index is -0.539. The molecule has 1 aromatic heterocycles. The molecule has 2 heteroatoms. The molecule has 0 radical (unpaired) electrons. The fraction of sp³-hybridized carbons (Fsp3) is 0.0294. The maximum absolute atomic E-state index is 2.52. The van der Waals surface area contributed by atoms with E-state index < -0.39 is 10.8 Å². The average molecular weight is 889 g/mol. The highest BCUT2D eigenvalue weighted by Gasteiger charge is 2.51. The molecule has 0 N–H and O–H groups in total. The number of hydrogen-bond donors (Lipinski definition) is 0. The van der Waals surface area contributed by atoms with E-state index in [1.807, 2.05) is 0 Å². The Balaban J connectivity index is 1.00. The van der Waals surface area contributed by atoms with Gasteiger partial charge in [-0.25, -0.2) is 0 Å².